The van der Waals surface area contributed by atoms with Gasteiger partial charge in [0.15, 0.2) is 0 Å². The molecule has 0 aliphatic heterocycles. The first kappa shape index (κ1) is 15.7. The van der Waals surface area contributed by atoms with E-state index >= 15 is 0 Å². The number of amides is 2. The summed E-state index contributed by atoms with van der Waals surface area (Å²) in [6, 6.07) is 5.52. The van der Waals surface area contributed by atoms with Crippen molar-refractivity contribution in [2.24, 2.45) is 5.92 Å². The molecular formula is C14H19BrN2O2. The fourth-order valence-corrected chi connectivity index (χ4v) is 2.05. The van der Waals surface area contributed by atoms with Crippen molar-refractivity contribution in [3.63, 3.8) is 0 Å². The summed E-state index contributed by atoms with van der Waals surface area (Å²) in [6.07, 6.45) is 0.854. The molecule has 104 valence electrons. The van der Waals surface area contributed by atoms with Gasteiger partial charge in [-0.05, 0) is 52.9 Å². The first-order chi connectivity index (χ1) is 8.90. The van der Waals surface area contributed by atoms with E-state index in [-0.39, 0.29) is 0 Å². The van der Waals surface area contributed by atoms with Gasteiger partial charge >= 0.3 is 11.8 Å². The molecule has 0 atom stereocenters. The molecule has 1 aromatic carbocycles. The smallest absolute Gasteiger partial charge is 0.313 e. The van der Waals surface area contributed by atoms with Crippen molar-refractivity contribution in [2.75, 3.05) is 11.9 Å². The van der Waals surface area contributed by atoms with Gasteiger partial charge in [-0.2, -0.15) is 0 Å². The molecule has 19 heavy (non-hydrogen) atoms. The molecule has 5 heteroatoms. The monoisotopic (exact) mass is 326 g/mol. The molecule has 0 aliphatic rings. The van der Waals surface area contributed by atoms with Crippen molar-refractivity contribution < 1.29 is 9.59 Å². The highest BCUT2D eigenvalue weighted by atomic mass is 79.9. The van der Waals surface area contributed by atoms with Crippen molar-refractivity contribution in [2.45, 2.75) is 27.2 Å². The van der Waals surface area contributed by atoms with Crippen LogP contribution in [0.1, 0.15) is 25.8 Å². The fraction of sp³-hybridized carbons (Fsp3) is 0.429. The second-order valence-corrected chi connectivity index (χ2v) is 5.73. The van der Waals surface area contributed by atoms with Crippen molar-refractivity contribution in [3.8, 4) is 0 Å². The number of aryl methyl sites for hydroxylation is 1. The van der Waals surface area contributed by atoms with Gasteiger partial charge in [0.05, 0.1) is 5.69 Å². The van der Waals surface area contributed by atoms with Gasteiger partial charge in [-0.15, -0.1) is 0 Å². The standard InChI is InChI=1S/C14H19BrN2O2/c1-9(2)6-7-16-13(18)14(19)17-12-5-4-10(3)8-11(12)15/h4-5,8-9H,6-7H2,1-3H3,(H,16,18)(H,17,19). The molecule has 0 aromatic heterocycles. The van der Waals surface area contributed by atoms with E-state index in [2.05, 4.69) is 40.4 Å². The number of carbonyl (C=O) groups is 2. The Kier molecular flexibility index (Phi) is 6.02. The lowest BCUT2D eigenvalue weighted by molar-refractivity contribution is -0.136. The summed E-state index contributed by atoms with van der Waals surface area (Å²) in [5, 5.41) is 5.18. The van der Waals surface area contributed by atoms with E-state index in [4.69, 9.17) is 0 Å². The second-order valence-electron chi connectivity index (χ2n) is 4.88. The molecule has 0 saturated carbocycles. The zero-order valence-electron chi connectivity index (χ0n) is 11.4. The molecule has 0 heterocycles. The highest BCUT2D eigenvalue weighted by Crippen LogP contribution is 2.23. The van der Waals surface area contributed by atoms with Gasteiger partial charge in [-0.3, -0.25) is 9.59 Å². The summed E-state index contributed by atoms with van der Waals surface area (Å²) in [7, 11) is 0. The molecule has 4 nitrogen and oxygen atoms in total. The van der Waals surface area contributed by atoms with Gasteiger partial charge in [-0.1, -0.05) is 19.9 Å². The molecule has 0 saturated heterocycles. The third-order valence-electron chi connectivity index (χ3n) is 2.59. The molecule has 0 spiro atoms. The Labute approximate surface area is 122 Å². The average Bonchev–Trinajstić information content (AvgIpc) is 2.32. The van der Waals surface area contributed by atoms with E-state index in [0.29, 0.717) is 18.2 Å². The number of halogens is 1. The topological polar surface area (TPSA) is 58.2 Å². The van der Waals surface area contributed by atoms with Crippen molar-refractivity contribution in [1.82, 2.24) is 5.32 Å². The normalized spacial score (nSPS) is 10.4. The number of benzene rings is 1. The number of rotatable bonds is 4. The maximum atomic E-state index is 11.7. The Bertz CT molecular complexity index is 473. The highest BCUT2D eigenvalue weighted by Gasteiger charge is 2.14. The van der Waals surface area contributed by atoms with Crippen molar-refractivity contribution >= 4 is 33.4 Å². The minimum atomic E-state index is -0.645. The van der Waals surface area contributed by atoms with Crippen LogP contribution in [0.3, 0.4) is 0 Å². The lowest BCUT2D eigenvalue weighted by Gasteiger charge is -2.09. The number of hydrogen-bond acceptors (Lipinski definition) is 2. The van der Waals surface area contributed by atoms with Crippen LogP contribution >= 0.6 is 15.9 Å². The quantitative estimate of drug-likeness (QED) is 0.836. The maximum absolute atomic E-state index is 11.7. The van der Waals surface area contributed by atoms with Crippen LogP contribution in [0.15, 0.2) is 22.7 Å². The third-order valence-corrected chi connectivity index (χ3v) is 3.24. The Morgan fingerprint density at radius 2 is 1.95 bits per heavy atom. The van der Waals surface area contributed by atoms with E-state index < -0.39 is 11.8 Å². The van der Waals surface area contributed by atoms with Crippen LogP contribution in [0.25, 0.3) is 0 Å². The number of carbonyl (C=O) groups excluding carboxylic acids is 2. The van der Waals surface area contributed by atoms with Crippen LogP contribution in [0.5, 0.6) is 0 Å². The zero-order chi connectivity index (χ0) is 14.4. The number of nitrogens with one attached hydrogen (secondary N) is 2. The highest BCUT2D eigenvalue weighted by molar-refractivity contribution is 9.10. The molecule has 0 radical (unpaired) electrons. The Morgan fingerprint density at radius 3 is 2.53 bits per heavy atom. The Hall–Kier alpha value is -1.36. The second kappa shape index (κ2) is 7.28. The largest absolute Gasteiger partial charge is 0.348 e. The van der Waals surface area contributed by atoms with Crippen LogP contribution in [-0.2, 0) is 9.59 Å². The molecular weight excluding hydrogens is 308 g/mol. The summed E-state index contributed by atoms with van der Waals surface area (Å²) in [6.45, 7) is 6.60. The van der Waals surface area contributed by atoms with Crippen LogP contribution < -0.4 is 10.6 Å². The van der Waals surface area contributed by atoms with Gasteiger partial charge < -0.3 is 10.6 Å². The Morgan fingerprint density at radius 1 is 1.26 bits per heavy atom. The molecule has 0 fully saturated rings. The summed E-state index contributed by atoms with van der Waals surface area (Å²) in [5.41, 5.74) is 1.67. The molecule has 2 amide bonds. The summed E-state index contributed by atoms with van der Waals surface area (Å²) in [4.78, 5) is 23.2. The lowest BCUT2D eigenvalue weighted by atomic mass is 10.1. The fourth-order valence-electron chi connectivity index (χ4n) is 1.46. The van der Waals surface area contributed by atoms with E-state index in [9.17, 15) is 9.59 Å². The average molecular weight is 327 g/mol. The van der Waals surface area contributed by atoms with E-state index in [0.717, 1.165) is 16.5 Å². The molecule has 0 unspecified atom stereocenters. The first-order valence-electron chi connectivity index (χ1n) is 6.25. The molecule has 2 N–H and O–H groups in total. The van der Waals surface area contributed by atoms with Crippen molar-refractivity contribution in [1.29, 1.82) is 0 Å². The molecule has 0 aliphatic carbocycles. The third kappa shape index (κ3) is 5.42. The summed E-state index contributed by atoms with van der Waals surface area (Å²) < 4.78 is 0.760. The van der Waals surface area contributed by atoms with Gasteiger partial charge in [0, 0.05) is 11.0 Å². The van der Waals surface area contributed by atoms with Gasteiger partial charge in [0.25, 0.3) is 0 Å². The van der Waals surface area contributed by atoms with Crippen LogP contribution in [0.2, 0.25) is 0 Å². The van der Waals surface area contributed by atoms with Crippen molar-refractivity contribution in [3.05, 3.63) is 28.2 Å². The van der Waals surface area contributed by atoms with Gasteiger partial charge in [0.2, 0.25) is 0 Å². The molecule has 1 rings (SSSR count). The summed E-state index contributed by atoms with van der Waals surface area (Å²) in [5.74, 6) is -0.754. The molecule has 0 bridgehead atoms. The first-order valence-corrected chi connectivity index (χ1v) is 7.04. The SMILES string of the molecule is Cc1ccc(NC(=O)C(=O)NCCC(C)C)c(Br)c1. The van der Waals surface area contributed by atoms with Gasteiger partial charge in [-0.25, -0.2) is 0 Å². The van der Waals surface area contributed by atoms with E-state index in [1.54, 1.807) is 6.07 Å². The molecule has 1 aromatic rings. The van der Waals surface area contributed by atoms with Crippen LogP contribution in [0, 0.1) is 12.8 Å². The maximum Gasteiger partial charge on any atom is 0.313 e. The predicted octanol–water partition coefficient (Wildman–Crippen LogP) is 2.86. The summed E-state index contributed by atoms with van der Waals surface area (Å²) >= 11 is 3.35. The number of anilines is 1. The zero-order valence-corrected chi connectivity index (χ0v) is 13.0. The van der Waals surface area contributed by atoms with Gasteiger partial charge in [0.1, 0.15) is 0 Å². The van der Waals surface area contributed by atoms with E-state index in [1.165, 1.54) is 0 Å². The van der Waals surface area contributed by atoms with E-state index in [1.807, 2.05) is 19.1 Å². The Balaban J connectivity index is 2.52. The minimum absolute atomic E-state index is 0.495. The minimum Gasteiger partial charge on any atom is -0.348 e. The van der Waals surface area contributed by atoms with Crippen LogP contribution in [-0.4, -0.2) is 18.4 Å². The van der Waals surface area contributed by atoms with Crippen LogP contribution in [0.4, 0.5) is 5.69 Å². The number of hydrogen-bond donors (Lipinski definition) is 2. The predicted molar refractivity (Wildman–Crippen MR) is 80.0 cm³/mol. The lowest BCUT2D eigenvalue weighted by Crippen LogP contribution is -2.36.